The molecule has 0 unspecified atom stereocenters. The van der Waals surface area contributed by atoms with E-state index in [1.807, 2.05) is 6.92 Å². The van der Waals surface area contributed by atoms with Gasteiger partial charge in [-0.2, -0.15) is 22.0 Å². The highest BCUT2D eigenvalue weighted by atomic mass is 19.4. The molecule has 0 N–H and O–H groups in total. The summed E-state index contributed by atoms with van der Waals surface area (Å²) in [7, 11) is 0. The van der Waals surface area contributed by atoms with Crippen LogP contribution in [-0.4, -0.2) is 6.18 Å². The number of benzene rings is 5. The Kier molecular flexibility index (Phi) is 10.7. The lowest BCUT2D eigenvalue weighted by Crippen LogP contribution is -2.25. The summed E-state index contributed by atoms with van der Waals surface area (Å²) in [4.78, 5) is 0. The molecule has 5 aromatic carbocycles. The maximum Gasteiger partial charge on any atom is 0.458 e. The predicted molar refractivity (Wildman–Crippen MR) is 169 cm³/mol. The molecule has 0 amide bonds. The van der Waals surface area contributed by atoms with Crippen molar-refractivity contribution in [3.8, 4) is 40.6 Å². The first-order valence-electron chi connectivity index (χ1n) is 15.2. The van der Waals surface area contributed by atoms with Gasteiger partial charge in [-0.25, -0.2) is 26.3 Å². The molecule has 5 aromatic rings. The van der Waals surface area contributed by atoms with Crippen molar-refractivity contribution in [1.29, 1.82) is 0 Å². The van der Waals surface area contributed by atoms with Gasteiger partial charge in [-0.05, 0) is 77.9 Å². The third-order valence-electron chi connectivity index (χ3n) is 7.63. The number of ether oxygens (including phenoxy) is 1. The molecule has 5 rings (SSSR count). The van der Waals surface area contributed by atoms with E-state index in [2.05, 4.69) is 16.6 Å². The number of halogens is 11. The summed E-state index contributed by atoms with van der Waals surface area (Å²) in [6.45, 7) is 2.03. The second kappa shape index (κ2) is 14.8. The Hall–Kier alpha value is -5.49. The molecule has 262 valence electrons. The van der Waals surface area contributed by atoms with Crippen molar-refractivity contribution in [2.75, 3.05) is 0 Å². The number of fused-ring (bicyclic) bond motifs is 1. The van der Waals surface area contributed by atoms with E-state index in [-0.39, 0.29) is 33.0 Å². The highest BCUT2D eigenvalue weighted by Crippen LogP contribution is 2.37. The van der Waals surface area contributed by atoms with Gasteiger partial charge in [0.25, 0.3) is 0 Å². The zero-order valence-corrected chi connectivity index (χ0v) is 26.3. The molecule has 0 aliphatic carbocycles. The van der Waals surface area contributed by atoms with Gasteiger partial charge in [-0.3, -0.25) is 0 Å². The Morgan fingerprint density at radius 3 is 2.02 bits per heavy atom. The Morgan fingerprint density at radius 2 is 1.37 bits per heavy atom. The van der Waals surface area contributed by atoms with E-state index in [0.717, 1.165) is 61.1 Å². The van der Waals surface area contributed by atoms with Gasteiger partial charge in [0.1, 0.15) is 46.2 Å². The number of alkyl halides is 5. The fraction of sp³-hybridized carbons (Fsp3) is 0.179. The van der Waals surface area contributed by atoms with E-state index in [4.69, 9.17) is 0 Å². The maximum atomic E-state index is 15.1. The Bertz CT molecular complexity index is 2230. The standard InChI is InChI=1S/C39H23F11O/c1-2-3-4-5-22-6-8-24(31(40)16-22)9-7-23-17-34(43)36(35(44)18-23)39(49,50)51-27-11-13-28(33(42)21-27)25-10-12-29-26(19-25)20-32(41)30(37(29)45)14-15-38(46,47)48/h6,8,10-13,16-21H,2-5H2,1H3. The molecule has 0 aliphatic rings. The molecule has 0 aromatic heterocycles. The van der Waals surface area contributed by atoms with Crippen LogP contribution in [0.1, 0.15) is 54.0 Å². The van der Waals surface area contributed by atoms with Crippen LogP contribution in [0.4, 0.5) is 48.3 Å². The molecule has 1 nitrogen and oxygen atoms in total. The van der Waals surface area contributed by atoms with E-state index in [1.165, 1.54) is 18.1 Å². The van der Waals surface area contributed by atoms with Crippen LogP contribution in [0.15, 0.2) is 72.8 Å². The molecular formula is C39H23F11O. The highest BCUT2D eigenvalue weighted by Gasteiger charge is 2.41. The first-order valence-corrected chi connectivity index (χ1v) is 15.2. The van der Waals surface area contributed by atoms with Crippen LogP contribution in [0.5, 0.6) is 5.75 Å². The second-order valence-electron chi connectivity index (χ2n) is 11.3. The molecule has 0 heterocycles. The van der Waals surface area contributed by atoms with Crippen molar-refractivity contribution in [3.63, 3.8) is 0 Å². The molecule has 0 spiro atoms. The Labute approximate surface area is 284 Å². The zero-order chi connectivity index (χ0) is 37.1. The molecule has 0 radical (unpaired) electrons. The van der Waals surface area contributed by atoms with Crippen molar-refractivity contribution in [2.24, 2.45) is 0 Å². The number of unbranched alkanes of at least 4 members (excludes halogenated alkanes) is 2. The number of hydrogen-bond acceptors (Lipinski definition) is 1. The van der Waals surface area contributed by atoms with Gasteiger partial charge in [0, 0.05) is 28.5 Å². The summed E-state index contributed by atoms with van der Waals surface area (Å²) in [5.74, 6) is -1.96. The van der Waals surface area contributed by atoms with E-state index in [9.17, 15) is 35.1 Å². The topological polar surface area (TPSA) is 9.23 Å². The van der Waals surface area contributed by atoms with Crippen LogP contribution in [0.2, 0.25) is 0 Å². The number of aryl methyl sites for hydroxylation is 1. The Balaban J connectivity index is 1.35. The summed E-state index contributed by atoms with van der Waals surface area (Å²) in [6.07, 6.45) is -6.14. The summed E-state index contributed by atoms with van der Waals surface area (Å²) < 4.78 is 160. The smallest absolute Gasteiger partial charge is 0.429 e. The minimum atomic E-state index is -5.00. The predicted octanol–water partition coefficient (Wildman–Crippen LogP) is 11.5. The first-order chi connectivity index (χ1) is 24.1. The van der Waals surface area contributed by atoms with Crippen molar-refractivity contribution >= 4 is 10.8 Å². The normalized spacial score (nSPS) is 11.5. The third-order valence-corrected chi connectivity index (χ3v) is 7.63. The van der Waals surface area contributed by atoms with Crippen LogP contribution >= 0.6 is 0 Å². The van der Waals surface area contributed by atoms with E-state index >= 15 is 13.2 Å². The lowest BCUT2D eigenvalue weighted by atomic mass is 9.98. The number of hydrogen-bond donors (Lipinski definition) is 0. The van der Waals surface area contributed by atoms with Gasteiger partial charge in [-0.15, -0.1) is 0 Å². The molecule has 0 atom stereocenters. The van der Waals surface area contributed by atoms with E-state index in [0.29, 0.717) is 30.7 Å². The van der Waals surface area contributed by atoms with Gasteiger partial charge in [0.15, 0.2) is 0 Å². The van der Waals surface area contributed by atoms with Crippen LogP contribution in [-0.2, 0) is 12.5 Å². The van der Waals surface area contributed by atoms with Crippen LogP contribution in [0.25, 0.3) is 21.9 Å². The largest absolute Gasteiger partial charge is 0.458 e. The van der Waals surface area contributed by atoms with Gasteiger partial charge < -0.3 is 4.74 Å². The van der Waals surface area contributed by atoms with Crippen LogP contribution in [0.3, 0.4) is 0 Å². The molecule has 12 heteroatoms. The minimum Gasteiger partial charge on any atom is -0.429 e. The summed E-state index contributed by atoms with van der Waals surface area (Å²) in [5, 5.41) is -0.502. The minimum absolute atomic E-state index is 0.0113. The van der Waals surface area contributed by atoms with Crippen molar-refractivity contribution in [1.82, 2.24) is 0 Å². The molecule has 0 saturated heterocycles. The average molecular weight is 717 g/mol. The van der Waals surface area contributed by atoms with Gasteiger partial charge in [-0.1, -0.05) is 55.7 Å². The quantitative estimate of drug-likeness (QED) is 0.0883. The lowest BCUT2D eigenvalue weighted by molar-refractivity contribution is -0.189. The lowest BCUT2D eigenvalue weighted by Gasteiger charge is -2.20. The molecule has 0 fully saturated rings. The van der Waals surface area contributed by atoms with Gasteiger partial charge in [0.05, 0.1) is 11.1 Å². The molecular weight excluding hydrogens is 693 g/mol. The fourth-order valence-corrected chi connectivity index (χ4v) is 5.20. The highest BCUT2D eigenvalue weighted by molar-refractivity contribution is 5.89. The van der Waals surface area contributed by atoms with Crippen molar-refractivity contribution in [3.05, 3.63) is 136 Å². The monoisotopic (exact) mass is 716 g/mol. The summed E-state index contributed by atoms with van der Waals surface area (Å²) in [6, 6.07) is 11.7. The third kappa shape index (κ3) is 8.64. The van der Waals surface area contributed by atoms with Crippen LogP contribution < -0.4 is 4.74 Å². The fourth-order valence-electron chi connectivity index (χ4n) is 5.20. The van der Waals surface area contributed by atoms with Crippen molar-refractivity contribution in [2.45, 2.75) is 44.9 Å². The molecule has 51 heavy (non-hydrogen) atoms. The molecule has 0 saturated carbocycles. The second-order valence-corrected chi connectivity index (χ2v) is 11.3. The van der Waals surface area contributed by atoms with Gasteiger partial charge >= 0.3 is 12.3 Å². The number of rotatable bonds is 8. The van der Waals surface area contributed by atoms with E-state index < -0.39 is 64.1 Å². The van der Waals surface area contributed by atoms with Gasteiger partial charge in [0.2, 0.25) is 0 Å². The Morgan fingerprint density at radius 1 is 0.647 bits per heavy atom. The molecule has 0 aliphatic heterocycles. The maximum absolute atomic E-state index is 15.1. The van der Waals surface area contributed by atoms with Crippen molar-refractivity contribution < 1.29 is 53.0 Å². The van der Waals surface area contributed by atoms with E-state index in [1.54, 1.807) is 6.07 Å². The first kappa shape index (κ1) is 36.8. The summed E-state index contributed by atoms with van der Waals surface area (Å²) in [5.41, 5.74) is -2.87. The zero-order valence-electron chi connectivity index (χ0n) is 26.3. The summed E-state index contributed by atoms with van der Waals surface area (Å²) >= 11 is 0. The van der Waals surface area contributed by atoms with Crippen LogP contribution in [0, 0.1) is 58.6 Å². The SMILES string of the molecule is CCCCCc1ccc(C#Cc2cc(F)c(C(F)(F)Oc3ccc(-c4ccc5c(F)c(C#CC(F)(F)F)c(F)cc5c4)c(F)c3)c(F)c2)c(F)c1. The average Bonchev–Trinajstić information content (AvgIpc) is 3.03. The molecule has 0 bridgehead atoms.